The van der Waals surface area contributed by atoms with E-state index in [2.05, 4.69) is 29.9 Å². The third-order valence-electron chi connectivity index (χ3n) is 7.03. The van der Waals surface area contributed by atoms with Crippen LogP contribution in [0.1, 0.15) is 56.8 Å². The summed E-state index contributed by atoms with van der Waals surface area (Å²) in [5, 5.41) is 13.7. The van der Waals surface area contributed by atoms with E-state index in [0.717, 1.165) is 39.6 Å². The van der Waals surface area contributed by atoms with Gasteiger partial charge in [0.15, 0.2) is 0 Å². The molecule has 1 aromatic heterocycles. The predicted molar refractivity (Wildman–Crippen MR) is 152 cm³/mol. The van der Waals surface area contributed by atoms with Crippen LogP contribution < -0.4 is 5.32 Å². The van der Waals surface area contributed by atoms with E-state index in [1.807, 2.05) is 84.9 Å². The fourth-order valence-electron chi connectivity index (χ4n) is 5.00. The topological polar surface area (TPSA) is 71.3 Å². The summed E-state index contributed by atoms with van der Waals surface area (Å²) in [6, 6.07) is 30.9. The molecule has 38 heavy (non-hydrogen) atoms. The first-order valence-corrected chi connectivity index (χ1v) is 12.8. The number of hydrogen-bond donors (Lipinski definition) is 2. The molecule has 0 aliphatic heterocycles. The Hall–Kier alpha value is -4.64. The molecule has 190 valence electrons. The molecule has 5 heteroatoms. The molecule has 0 aliphatic carbocycles. The maximum absolute atomic E-state index is 13.1. The number of carboxylic acid groups (broad SMARTS) is 1. The van der Waals surface area contributed by atoms with Crippen LogP contribution in [-0.2, 0) is 6.54 Å². The van der Waals surface area contributed by atoms with Gasteiger partial charge in [0.1, 0.15) is 0 Å². The molecule has 5 nitrogen and oxygen atoms in total. The Morgan fingerprint density at radius 2 is 1.61 bits per heavy atom. The van der Waals surface area contributed by atoms with Crippen molar-refractivity contribution in [1.29, 1.82) is 0 Å². The fourth-order valence-corrected chi connectivity index (χ4v) is 5.00. The standard InChI is InChI=1S/C33H30N2O3/c1-3-30(25-9-5-4-6-10-25)34-32(36)26-17-18-31-29(19-26)22(2)20-35(31)21-23-13-15-24(16-14-23)27-11-7-8-12-28(27)33(37)38/h4-20,30H,3,21H2,1-2H3,(H,34,36)(H,37,38). The van der Waals surface area contributed by atoms with Crippen LogP contribution in [-0.4, -0.2) is 21.6 Å². The van der Waals surface area contributed by atoms with Gasteiger partial charge in [0, 0.05) is 29.2 Å². The molecule has 1 heterocycles. The van der Waals surface area contributed by atoms with E-state index in [-0.39, 0.29) is 11.9 Å². The highest BCUT2D eigenvalue weighted by Crippen LogP contribution is 2.27. The number of nitrogens with zero attached hydrogens (tertiary/aromatic N) is 1. The van der Waals surface area contributed by atoms with Crippen LogP contribution in [0.4, 0.5) is 0 Å². The van der Waals surface area contributed by atoms with E-state index in [9.17, 15) is 14.7 Å². The lowest BCUT2D eigenvalue weighted by atomic mass is 9.99. The number of carboxylic acids is 1. The van der Waals surface area contributed by atoms with Crippen LogP contribution in [0.2, 0.25) is 0 Å². The summed E-state index contributed by atoms with van der Waals surface area (Å²) in [5.41, 5.74) is 6.90. The number of aromatic nitrogens is 1. The van der Waals surface area contributed by atoms with Crippen LogP contribution >= 0.6 is 0 Å². The van der Waals surface area contributed by atoms with Gasteiger partial charge in [0.25, 0.3) is 5.91 Å². The van der Waals surface area contributed by atoms with Gasteiger partial charge in [-0.15, -0.1) is 0 Å². The zero-order chi connectivity index (χ0) is 26.6. The molecule has 0 spiro atoms. The summed E-state index contributed by atoms with van der Waals surface area (Å²) >= 11 is 0. The molecule has 0 bridgehead atoms. The van der Waals surface area contributed by atoms with E-state index in [0.29, 0.717) is 23.2 Å². The van der Waals surface area contributed by atoms with Crippen molar-refractivity contribution < 1.29 is 14.7 Å². The molecule has 0 radical (unpaired) electrons. The Morgan fingerprint density at radius 1 is 0.895 bits per heavy atom. The van der Waals surface area contributed by atoms with Gasteiger partial charge in [0.2, 0.25) is 0 Å². The molecule has 1 atom stereocenters. The Kier molecular flexibility index (Phi) is 7.09. The Labute approximate surface area is 222 Å². The Bertz CT molecular complexity index is 1600. The summed E-state index contributed by atoms with van der Waals surface area (Å²) in [6.07, 6.45) is 2.92. The van der Waals surface area contributed by atoms with E-state index < -0.39 is 5.97 Å². The number of aromatic carboxylic acids is 1. The Morgan fingerprint density at radius 3 is 2.32 bits per heavy atom. The summed E-state index contributed by atoms with van der Waals surface area (Å²) in [7, 11) is 0. The minimum absolute atomic E-state index is 0.0319. The lowest BCUT2D eigenvalue weighted by Crippen LogP contribution is -2.28. The van der Waals surface area contributed by atoms with Crippen molar-refractivity contribution in [2.24, 2.45) is 0 Å². The van der Waals surface area contributed by atoms with Gasteiger partial charge in [-0.05, 0) is 65.4 Å². The normalized spacial score (nSPS) is 11.8. The minimum Gasteiger partial charge on any atom is -0.478 e. The van der Waals surface area contributed by atoms with Crippen molar-refractivity contribution in [3.63, 3.8) is 0 Å². The minimum atomic E-state index is -0.933. The van der Waals surface area contributed by atoms with Gasteiger partial charge in [0.05, 0.1) is 11.6 Å². The molecule has 0 saturated heterocycles. The predicted octanol–water partition coefficient (Wildman–Crippen LogP) is 7.24. The van der Waals surface area contributed by atoms with Crippen LogP contribution in [0.5, 0.6) is 0 Å². The highest BCUT2D eigenvalue weighted by Gasteiger charge is 2.16. The van der Waals surface area contributed by atoms with E-state index in [4.69, 9.17) is 0 Å². The fraction of sp³-hybridized carbons (Fsp3) is 0.152. The number of benzene rings is 4. The number of nitrogens with one attached hydrogen (secondary N) is 1. The maximum atomic E-state index is 13.1. The summed E-state index contributed by atoms with van der Waals surface area (Å²) in [6.45, 7) is 4.80. The molecule has 5 aromatic rings. The lowest BCUT2D eigenvalue weighted by molar-refractivity contribution is 0.0697. The number of aryl methyl sites for hydroxylation is 1. The quantitative estimate of drug-likeness (QED) is 0.235. The first-order valence-electron chi connectivity index (χ1n) is 12.8. The van der Waals surface area contributed by atoms with Crippen molar-refractivity contribution >= 4 is 22.8 Å². The largest absolute Gasteiger partial charge is 0.478 e. The summed E-state index contributed by atoms with van der Waals surface area (Å²) < 4.78 is 2.19. The number of rotatable bonds is 8. The first-order chi connectivity index (χ1) is 18.4. The van der Waals surface area contributed by atoms with Crippen LogP contribution in [0.15, 0.2) is 103 Å². The SMILES string of the molecule is CCC(NC(=O)c1ccc2c(c1)c(C)cn2Cc1ccc(-c2ccccc2C(=O)O)cc1)c1ccccc1. The van der Waals surface area contributed by atoms with E-state index in [1.165, 1.54) is 0 Å². The van der Waals surface area contributed by atoms with Crippen molar-refractivity contribution in [2.75, 3.05) is 0 Å². The number of carbonyl (C=O) groups is 2. The molecular formula is C33H30N2O3. The first kappa shape index (κ1) is 25.0. The molecule has 2 N–H and O–H groups in total. The van der Waals surface area contributed by atoms with Crippen molar-refractivity contribution in [3.8, 4) is 11.1 Å². The third-order valence-corrected chi connectivity index (χ3v) is 7.03. The second-order valence-electron chi connectivity index (χ2n) is 9.56. The van der Waals surface area contributed by atoms with Crippen molar-refractivity contribution in [1.82, 2.24) is 9.88 Å². The second kappa shape index (κ2) is 10.8. The zero-order valence-electron chi connectivity index (χ0n) is 21.5. The van der Waals surface area contributed by atoms with Crippen LogP contribution in [0.3, 0.4) is 0 Å². The molecule has 0 fully saturated rings. The average Bonchev–Trinajstić information content (AvgIpc) is 3.26. The van der Waals surface area contributed by atoms with E-state index >= 15 is 0 Å². The molecule has 4 aromatic carbocycles. The van der Waals surface area contributed by atoms with Crippen LogP contribution in [0, 0.1) is 6.92 Å². The van der Waals surface area contributed by atoms with Gasteiger partial charge < -0.3 is 15.0 Å². The Balaban J connectivity index is 1.36. The third kappa shape index (κ3) is 5.09. The van der Waals surface area contributed by atoms with Crippen LogP contribution in [0.25, 0.3) is 22.0 Å². The summed E-state index contributed by atoms with van der Waals surface area (Å²) in [4.78, 5) is 24.7. The average molecular weight is 503 g/mol. The maximum Gasteiger partial charge on any atom is 0.336 e. The van der Waals surface area contributed by atoms with Gasteiger partial charge in [-0.25, -0.2) is 4.79 Å². The highest BCUT2D eigenvalue weighted by atomic mass is 16.4. The summed E-state index contributed by atoms with van der Waals surface area (Å²) in [5.74, 6) is -1.01. The highest BCUT2D eigenvalue weighted by molar-refractivity contribution is 5.99. The lowest BCUT2D eigenvalue weighted by Gasteiger charge is -2.17. The monoisotopic (exact) mass is 502 g/mol. The molecule has 1 unspecified atom stereocenters. The number of hydrogen-bond acceptors (Lipinski definition) is 2. The molecule has 0 saturated carbocycles. The number of fused-ring (bicyclic) bond motifs is 1. The van der Waals surface area contributed by atoms with Gasteiger partial charge in [-0.2, -0.15) is 0 Å². The van der Waals surface area contributed by atoms with Gasteiger partial charge in [-0.3, -0.25) is 4.79 Å². The molecule has 0 aliphatic rings. The molecule has 5 rings (SSSR count). The van der Waals surface area contributed by atoms with Gasteiger partial charge >= 0.3 is 5.97 Å². The second-order valence-corrected chi connectivity index (χ2v) is 9.56. The smallest absolute Gasteiger partial charge is 0.336 e. The van der Waals surface area contributed by atoms with Crippen molar-refractivity contribution in [3.05, 3.63) is 131 Å². The van der Waals surface area contributed by atoms with Gasteiger partial charge in [-0.1, -0.05) is 79.7 Å². The van der Waals surface area contributed by atoms with E-state index in [1.54, 1.807) is 12.1 Å². The molecular weight excluding hydrogens is 472 g/mol. The van der Waals surface area contributed by atoms with Crippen molar-refractivity contribution in [2.45, 2.75) is 32.9 Å². The zero-order valence-corrected chi connectivity index (χ0v) is 21.5. The number of carbonyl (C=O) groups excluding carboxylic acids is 1. The number of amides is 1. The molecule has 1 amide bonds.